The Labute approximate surface area is 105 Å². The molecule has 2 rings (SSSR count). The van der Waals surface area contributed by atoms with E-state index >= 15 is 0 Å². The monoisotopic (exact) mass is 242 g/mol. The minimum Gasteiger partial charge on any atom is -0.399 e. The van der Waals surface area contributed by atoms with Crippen LogP contribution in [0.3, 0.4) is 0 Å². The van der Waals surface area contributed by atoms with E-state index in [4.69, 9.17) is 5.73 Å². The first-order chi connectivity index (χ1) is 8.74. The summed E-state index contributed by atoms with van der Waals surface area (Å²) in [7, 11) is 0. The van der Waals surface area contributed by atoms with Crippen molar-refractivity contribution in [3.05, 3.63) is 54.4 Å². The van der Waals surface area contributed by atoms with E-state index in [0.717, 1.165) is 5.69 Å². The molecule has 18 heavy (non-hydrogen) atoms. The van der Waals surface area contributed by atoms with Gasteiger partial charge < -0.3 is 16.4 Å². The van der Waals surface area contributed by atoms with Gasteiger partial charge in [-0.1, -0.05) is 12.1 Å². The molecule has 0 spiro atoms. The van der Waals surface area contributed by atoms with Crippen molar-refractivity contribution in [1.82, 2.24) is 10.3 Å². The molecular weight excluding hydrogens is 228 g/mol. The molecule has 0 unspecified atom stereocenters. The first-order valence-corrected chi connectivity index (χ1v) is 5.54. The maximum atomic E-state index is 11.6. The number of urea groups is 1. The number of aromatic nitrogens is 1. The Morgan fingerprint density at radius 3 is 2.83 bits per heavy atom. The molecule has 0 saturated heterocycles. The highest BCUT2D eigenvalue weighted by Gasteiger charge is 2.01. The van der Waals surface area contributed by atoms with Crippen molar-refractivity contribution in [3.63, 3.8) is 0 Å². The normalized spacial score (nSPS) is 9.78. The van der Waals surface area contributed by atoms with E-state index < -0.39 is 0 Å². The van der Waals surface area contributed by atoms with Gasteiger partial charge in [-0.2, -0.15) is 0 Å². The van der Waals surface area contributed by atoms with Crippen molar-refractivity contribution in [1.29, 1.82) is 0 Å². The lowest BCUT2D eigenvalue weighted by molar-refractivity contribution is 0.251. The molecule has 0 bridgehead atoms. The number of hydrogen-bond acceptors (Lipinski definition) is 3. The molecule has 5 heteroatoms. The van der Waals surface area contributed by atoms with Gasteiger partial charge >= 0.3 is 6.03 Å². The molecule has 0 atom stereocenters. The lowest BCUT2D eigenvalue weighted by atomic mass is 10.3. The number of nitrogens with two attached hydrogens (primary N) is 1. The standard InChI is InChI=1S/C13H14N4O/c14-10-4-3-6-11(8-10)17-13(18)16-9-12-5-1-2-7-15-12/h1-8H,9,14H2,(H2,16,17,18). The number of rotatable bonds is 3. The fourth-order valence-corrected chi connectivity index (χ4v) is 1.47. The number of anilines is 2. The third kappa shape index (κ3) is 3.48. The molecule has 0 fully saturated rings. The molecule has 0 aliphatic heterocycles. The summed E-state index contributed by atoms with van der Waals surface area (Å²) < 4.78 is 0. The fraction of sp³-hybridized carbons (Fsp3) is 0.0769. The van der Waals surface area contributed by atoms with Crippen molar-refractivity contribution < 1.29 is 4.79 Å². The summed E-state index contributed by atoms with van der Waals surface area (Å²) in [6.07, 6.45) is 1.69. The van der Waals surface area contributed by atoms with Gasteiger partial charge in [0.05, 0.1) is 12.2 Å². The number of nitrogens with one attached hydrogen (secondary N) is 2. The molecule has 1 aromatic heterocycles. The predicted octanol–water partition coefficient (Wildman–Crippen LogP) is 1.99. The zero-order chi connectivity index (χ0) is 12.8. The van der Waals surface area contributed by atoms with Crippen LogP contribution in [0.5, 0.6) is 0 Å². The van der Waals surface area contributed by atoms with Crippen LogP contribution in [0.15, 0.2) is 48.7 Å². The van der Waals surface area contributed by atoms with Crippen LogP contribution in [0.25, 0.3) is 0 Å². The summed E-state index contributed by atoms with van der Waals surface area (Å²) in [6, 6.07) is 12.3. The van der Waals surface area contributed by atoms with Gasteiger partial charge in [0.2, 0.25) is 0 Å². The summed E-state index contributed by atoms with van der Waals surface area (Å²) in [4.78, 5) is 15.7. The van der Waals surface area contributed by atoms with E-state index in [1.807, 2.05) is 18.2 Å². The van der Waals surface area contributed by atoms with Gasteiger partial charge in [-0.3, -0.25) is 4.98 Å². The lowest BCUT2D eigenvalue weighted by Gasteiger charge is -2.07. The van der Waals surface area contributed by atoms with Gasteiger partial charge in [-0.15, -0.1) is 0 Å². The quantitative estimate of drug-likeness (QED) is 0.720. The molecule has 2 amide bonds. The highest BCUT2D eigenvalue weighted by molar-refractivity contribution is 5.89. The second kappa shape index (κ2) is 5.67. The van der Waals surface area contributed by atoms with Gasteiger partial charge in [0.25, 0.3) is 0 Å². The number of nitrogens with zero attached hydrogens (tertiary/aromatic N) is 1. The maximum Gasteiger partial charge on any atom is 0.319 e. The van der Waals surface area contributed by atoms with Gasteiger partial charge in [-0.25, -0.2) is 4.79 Å². The van der Waals surface area contributed by atoms with Crippen LogP contribution >= 0.6 is 0 Å². The van der Waals surface area contributed by atoms with Crippen molar-refractivity contribution in [2.45, 2.75) is 6.54 Å². The molecule has 0 aliphatic carbocycles. The maximum absolute atomic E-state index is 11.6. The van der Waals surface area contributed by atoms with Crippen LogP contribution in [0.2, 0.25) is 0 Å². The SMILES string of the molecule is Nc1cccc(NC(=O)NCc2ccccn2)c1. The fourth-order valence-electron chi connectivity index (χ4n) is 1.47. The number of carbonyl (C=O) groups excluding carboxylic acids is 1. The Balaban J connectivity index is 1.86. The number of carbonyl (C=O) groups is 1. The average molecular weight is 242 g/mol. The summed E-state index contributed by atoms with van der Waals surface area (Å²) in [6.45, 7) is 0.384. The Kier molecular flexibility index (Phi) is 3.76. The van der Waals surface area contributed by atoms with Crippen LogP contribution in [0.1, 0.15) is 5.69 Å². The highest BCUT2D eigenvalue weighted by atomic mass is 16.2. The molecule has 4 N–H and O–H groups in total. The van der Waals surface area contributed by atoms with Crippen LogP contribution in [-0.2, 0) is 6.54 Å². The molecule has 1 aromatic carbocycles. The third-order valence-corrected chi connectivity index (χ3v) is 2.30. The Morgan fingerprint density at radius 2 is 2.11 bits per heavy atom. The van der Waals surface area contributed by atoms with Crippen LogP contribution in [-0.4, -0.2) is 11.0 Å². The number of amides is 2. The van der Waals surface area contributed by atoms with E-state index in [1.54, 1.807) is 30.5 Å². The van der Waals surface area contributed by atoms with Gasteiger partial charge in [0.15, 0.2) is 0 Å². The van der Waals surface area contributed by atoms with Crippen molar-refractivity contribution in [2.24, 2.45) is 0 Å². The molecule has 5 nitrogen and oxygen atoms in total. The summed E-state index contributed by atoms with van der Waals surface area (Å²) >= 11 is 0. The molecule has 0 saturated carbocycles. The number of nitrogen functional groups attached to an aromatic ring is 1. The average Bonchev–Trinajstić information content (AvgIpc) is 2.38. The van der Waals surface area contributed by atoms with Crippen molar-refractivity contribution in [3.8, 4) is 0 Å². The number of pyridine rings is 1. The van der Waals surface area contributed by atoms with E-state index in [9.17, 15) is 4.79 Å². The lowest BCUT2D eigenvalue weighted by Crippen LogP contribution is -2.28. The first kappa shape index (κ1) is 11.9. The van der Waals surface area contributed by atoms with E-state index in [1.165, 1.54) is 0 Å². The van der Waals surface area contributed by atoms with Crippen LogP contribution < -0.4 is 16.4 Å². The first-order valence-electron chi connectivity index (χ1n) is 5.54. The molecule has 92 valence electrons. The van der Waals surface area contributed by atoms with Crippen molar-refractivity contribution in [2.75, 3.05) is 11.1 Å². The van der Waals surface area contributed by atoms with Crippen molar-refractivity contribution >= 4 is 17.4 Å². The largest absolute Gasteiger partial charge is 0.399 e. The molecule has 0 aliphatic rings. The topological polar surface area (TPSA) is 80.0 Å². The Hall–Kier alpha value is -2.56. The molecule has 1 heterocycles. The third-order valence-electron chi connectivity index (χ3n) is 2.30. The summed E-state index contributed by atoms with van der Waals surface area (Å²) in [5.41, 5.74) is 7.69. The van der Waals surface area contributed by atoms with E-state index in [0.29, 0.717) is 17.9 Å². The second-order valence-electron chi connectivity index (χ2n) is 3.75. The van der Waals surface area contributed by atoms with Gasteiger partial charge in [0, 0.05) is 17.6 Å². The Bertz CT molecular complexity index is 528. The minimum absolute atomic E-state index is 0.286. The summed E-state index contributed by atoms with van der Waals surface area (Å²) in [5.74, 6) is 0. The molecule has 0 radical (unpaired) electrons. The summed E-state index contributed by atoms with van der Waals surface area (Å²) in [5, 5.41) is 5.41. The van der Waals surface area contributed by atoms with Crippen LogP contribution in [0, 0.1) is 0 Å². The van der Waals surface area contributed by atoms with Gasteiger partial charge in [0.1, 0.15) is 0 Å². The van der Waals surface area contributed by atoms with Gasteiger partial charge in [-0.05, 0) is 30.3 Å². The van der Waals surface area contributed by atoms with Crippen LogP contribution in [0.4, 0.5) is 16.2 Å². The smallest absolute Gasteiger partial charge is 0.319 e. The van der Waals surface area contributed by atoms with E-state index in [2.05, 4.69) is 15.6 Å². The number of benzene rings is 1. The highest BCUT2D eigenvalue weighted by Crippen LogP contribution is 2.11. The number of hydrogen-bond donors (Lipinski definition) is 3. The predicted molar refractivity (Wildman–Crippen MR) is 70.9 cm³/mol. The zero-order valence-electron chi connectivity index (χ0n) is 9.76. The molecular formula is C13H14N4O. The minimum atomic E-state index is -0.286. The zero-order valence-corrected chi connectivity index (χ0v) is 9.76. The Morgan fingerprint density at radius 1 is 1.22 bits per heavy atom. The molecule has 2 aromatic rings. The second-order valence-corrected chi connectivity index (χ2v) is 3.75. The van der Waals surface area contributed by atoms with E-state index in [-0.39, 0.29) is 6.03 Å².